The second-order valence-corrected chi connectivity index (χ2v) is 7.23. The molecule has 0 aliphatic heterocycles. The zero-order valence-corrected chi connectivity index (χ0v) is 13.5. The number of hydrogen-bond donors (Lipinski definition) is 2. The summed E-state index contributed by atoms with van der Waals surface area (Å²) in [5.41, 5.74) is 0.410. The van der Waals surface area contributed by atoms with E-state index in [1.54, 1.807) is 0 Å². The second kappa shape index (κ2) is 7.63. The van der Waals surface area contributed by atoms with Crippen molar-refractivity contribution in [3.05, 3.63) is 33.8 Å². The predicted molar refractivity (Wildman–Crippen MR) is 81.2 cm³/mol. The third-order valence-corrected chi connectivity index (χ3v) is 4.67. The van der Waals surface area contributed by atoms with Gasteiger partial charge in [-0.15, -0.1) is 0 Å². The van der Waals surface area contributed by atoms with E-state index in [-0.39, 0.29) is 22.9 Å². The molecular formula is C12H14Cl2N2O4S. The lowest BCUT2D eigenvalue weighted by molar-refractivity contribution is -0.119. The smallest absolute Gasteiger partial charge is 0.321 e. The van der Waals surface area contributed by atoms with Crippen LogP contribution >= 0.6 is 23.2 Å². The van der Waals surface area contributed by atoms with Crippen molar-refractivity contribution >= 4 is 45.0 Å². The molecular weight excluding hydrogens is 339 g/mol. The van der Waals surface area contributed by atoms with E-state index in [9.17, 15) is 18.0 Å². The average molecular weight is 353 g/mol. The standard InChI is InChI=1S/C12H14Cl2N2O4S/c1-15-12(18)16-11(17)4-5-21(19,20)7-8-2-3-9(13)6-10(8)14/h2-3,6H,4-5,7H2,1H3,(H2,15,16,17,18). The molecule has 9 heteroatoms. The predicted octanol–water partition coefficient (Wildman–Crippen LogP) is 1.75. The Morgan fingerprint density at radius 3 is 2.48 bits per heavy atom. The third-order valence-electron chi connectivity index (χ3n) is 2.51. The van der Waals surface area contributed by atoms with Crippen LogP contribution in [0.2, 0.25) is 10.0 Å². The van der Waals surface area contributed by atoms with Gasteiger partial charge in [-0.25, -0.2) is 13.2 Å². The van der Waals surface area contributed by atoms with Gasteiger partial charge in [0, 0.05) is 23.5 Å². The minimum Gasteiger partial charge on any atom is -0.341 e. The number of urea groups is 1. The molecule has 0 saturated carbocycles. The van der Waals surface area contributed by atoms with Crippen LogP contribution in [-0.4, -0.2) is 33.2 Å². The van der Waals surface area contributed by atoms with Crippen molar-refractivity contribution in [2.45, 2.75) is 12.2 Å². The Balaban J connectivity index is 2.62. The highest BCUT2D eigenvalue weighted by molar-refractivity contribution is 7.90. The Bertz CT molecular complexity index is 647. The molecule has 0 aliphatic carbocycles. The molecule has 2 N–H and O–H groups in total. The number of carbonyl (C=O) groups excluding carboxylic acids is 2. The van der Waals surface area contributed by atoms with Crippen molar-refractivity contribution in [1.29, 1.82) is 0 Å². The number of hydrogen-bond acceptors (Lipinski definition) is 4. The summed E-state index contributed by atoms with van der Waals surface area (Å²) >= 11 is 11.6. The van der Waals surface area contributed by atoms with Crippen molar-refractivity contribution in [3.8, 4) is 0 Å². The van der Waals surface area contributed by atoms with Gasteiger partial charge in [-0.2, -0.15) is 0 Å². The first-order valence-electron chi connectivity index (χ1n) is 5.89. The van der Waals surface area contributed by atoms with E-state index in [0.717, 1.165) is 0 Å². The van der Waals surface area contributed by atoms with Crippen molar-refractivity contribution in [2.24, 2.45) is 0 Å². The lowest BCUT2D eigenvalue weighted by Gasteiger charge is -2.07. The quantitative estimate of drug-likeness (QED) is 0.844. The highest BCUT2D eigenvalue weighted by Crippen LogP contribution is 2.23. The van der Waals surface area contributed by atoms with Crippen molar-refractivity contribution < 1.29 is 18.0 Å². The fraction of sp³-hybridized carbons (Fsp3) is 0.333. The van der Waals surface area contributed by atoms with Gasteiger partial charge in [-0.3, -0.25) is 10.1 Å². The van der Waals surface area contributed by atoms with Crippen LogP contribution in [-0.2, 0) is 20.4 Å². The van der Waals surface area contributed by atoms with Crippen molar-refractivity contribution in [2.75, 3.05) is 12.8 Å². The van der Waals surface area contributed by atoms with Gasteiger partial charge in [-0.05, 0) is 17.7 Å². The number of imide groups is 1. The summed E-state index contributed by atoms with van der Waals surface area (Å²) in [6, 6.07) is 3.83. The summed E-state index contributed by atoms with van der Waals surface area (Å²) in [5, 5.41) is 4.84. The highest BCUT2D eigenvalue weighted by Gasteiger charge is 2.17. The molecule has 3 amide bonds. The fourth-order valence-electron chi connectivity index (χ4n) is 1.45. The lowest BCUT2D eigenvalue weighted by Crippen LogP contribution is -2.38. The maximum absolute atomic E-state index is 11.9. The maximum Gasteiger partial charge on any atom is 0.321 e. The van der Waals surface area contributed by atoms with E-state index in [0.29, 0.717) is 10.6 Å². The normalized spacial score (nSPS) is 11.0. The SMILES string of the molecule is CNC(=O)NC(=O)CCS(=O)(=O)Cc1ccc(Cl)cc1Cl. The molecule has 1 rings (SSSR count). The maximum atomic E-state index is 11.9. The Hall–Kier alpha value is -1.31. The minimum atomic E-state index is -3.53. The second-order valence-electron chi connectivity index (χ2n) is 4.21. The number of rotatable bonds is 5. The molecule has 0 unspecified atom stereocenters. The molecule has 0 heterocycles. The van der Waals surface area contributed by atoms with Gasteiger partial charge in [0.1, 0.15) is 0 Å². The highest BCUT2D eigenvalue weighted by atomic mass is 35.5. The lowest BCUT2D eigenvalue weighted by atomic mass is 10.2. The van der Waals surface area contributed by atoms with Crippen molar-refractivity contribution in [1.82, 2.24) is 10.6 Å². The molecule has 0 aliphatic rings. The first kappa shape index (κ1) is 17.7. The number of benzene rings is 1. The molecule has 1 aromatic rings. The van der Waals surface area contributed by atoms with E-state index in [2.05, 4.69) is 5.32 Å². The van der Waals surface area contributed by atoms with Crippen LogP contribution in [0, 0.1) is 0 Å². The zero-order valence-electron chi connectivity index (χ0n) is 11.2. The summed E-state index contributed by atoms with van der Waals surface area (Å²) in [6.45, 7) is 0. The number of amides is 3. The molecule has 0 bridgehead atoms. The number of nitrogens with one attached hydrogen (secondary N) is 2. The van der Waals surface area contributed by atoms with Gasteiger partial charge >= 0.3 is 6.03 Å². The molecule has 0 spiro atoms. The minimum absolute atomic E-state index is 0.251. The monoisotopic (exact) mass is 352 g/mol. The Labute approximate surface area is 132 Å². The molecule has 21 heavy (non-hydrogen) atoms. The molecule has 0 atom stereocenters. The molecule has 0 saturated heterocycles. The van der Waals surface area contributed by atoms with E-state index in [4.69, 9.17) is 23.2 Å². The fourth-order valence-corrected chi connectivity index (χ4v) is 3.37. The first-order valence-corrected chi connectivity index (χ1v) is 8.47. The van der Waals surface area contributed by atoms with Gasteiger partial charge in [0.25, 0.3) is 0 Å². The van der Waals surface area contributed by atoms with Crippen LogP contribution < -0.4 is 10.6 Å². The molecule has 0 fully saturated rings. The third kappa shape index (κ3) is 6.33. The van der Waals surface area contributed by atoms with E-state index in [1.165, 1.54) is 25.2 Å². The summed E-state index contributed by atoms with van der Waals surface area (Å²) in [5.74, 6) is -1.34. The molecule has 116 valence electrons. The average Bonchev–Trinajstić information content (AvgIpc) is 2.40. The molecule has 6 nitrogen and oxygen atoms in total. The first-order chi connectivity index (χ1) is 9.73. The molecule has 1 aromatic carbocycles. The van der Waals surface area contributed by atoms with Gasteiger partial charge in [-0.1, -0.05) is 29.3 Å². The van der Waals surface area contributed by atoms with Gasteiger partial charge in [0.05, 0.1) is 11.5 Å². The summed E-state index contributed by atoms with van der Waals surface area (Å²) in [7, 11) is -2.18. The summed E-state index contributed by atoms with van der Waals surface area (Å²) in [4.78, 5) is 22.2. The molecule has 0 radical (unpaired) electrons. The van der Waals surface area contributed by atoms with E-state index in [1.807, 2.05) is 5.32 Å². The molecule has 0 aromatic heterocycles. The Morgan fingerprint density at radius 1 is 1.24 bits per heavy atom. The van der Waals surface area contributed by atoms with Crippen LogP contribution in [0.4, 0.5) is 4.79 Å². The van der Waals surface area contributed by atoms with E-state index >= 15 is 0 Å². The number of carbonyl (C=O) groups is 2. The Kier molecular flexibility index (Phi) is 6.44. The topological polar surface area (TPSA) is 92.3 Å². The van der Waals surface area contributed by atoms with Crippen LogP contribution in [0.5, 0.6) is 0 Å². The zero-order chi connectivity index (χ0) is 16.0. The Morgan fingerprint density at radius 2 is 1.90 bits per heavy atom. The number of halogens is 2. The largest absolute Gasteiger partial charge is 0.341 e. The van der Waals surface area contributed by atoms with Crippen molar-refractivity contribution in [3.63, 3.8) is 0 Å². The van der Waals surface area contributed by atoms with Gasteiger partial charge in [0.15, 0.2) is 9.84 Å². The van der Waals surface area contributed by atoms with Crippen LogP contribution in [0.1, 0.15) is 12.0 Å². The summed E-state index contributed by atoms with van der Waals surface area (Å²) in [6.07, 6.45) is -0.305. The summed E-state index contributed by atoms with van der Waals surface area (Å²) < 4.78 is 23.8. The van der Waals surface area contributed by atoms with E-state index < -0.39 is 21.8 Å². The van der Waals surface area contributed by atoms with Crippen LogP contribution in [0.3, 0.4) is 0 Å². The van der Waals surface area contributed by atoms with Crippen LogP contribution in [0.15, 0.2) is 18.2 Å². The number of sulfone groups is 1. The van der Waals surface area contributed by atoms with Gasteiger partial charge < -0.3 is 5.32 Å². The van der Waals surface area contributed by atoms with Gasteiger partial charge in [0.2, 0.25) is 5.91 Å². The van der Waals surface area contributed by atoms with Crippen LogP contribution in [0.25, 0.3) is 0 Å².